The molecule has 0 aliphatic heterocycles. The lowest BCUT2D eigenvalue weighted by molar-refractivity contribution is -0.135. The van der Waals surface area contributed by atoms with Crippen molar-refractivity contribution in [3.8, 4) is 0 Å². The molecule has 6 nitrogen and oxygen atoms in total. The minimum atomic E-state index is -3.04. The molecule has 128 valence electrons. The summed E-state index contributed by atoms with van der Waals surface area (Å²) in [4.78, 5) is 23.0. The van der Waals surface area contributed by atoms with Gasteiger partial charge in [0, 0.05) is 16.2 Å². The number of Topliss-reactive ketones (excluding diaryl/α,β-unsaturated/α-hetero) is 1. The Morgan fingerprint density at radius 1 is 1.13 bits per heavy atom. The topological polar surface area (TPSA) is 89.9 Å². The first-order valence-electron chi connectivity index (χ1n) is 7.26. The van der Waals surface area contributed by atoms with E-state index in [4.69, 9.17) is 14.2 Å². The number of aliphatic carboxylic acids is 1. The summed E-state index contributed by atoms with van der Waals surface area (Å²) in [5, 5.41) is 8.60. The number of carboxylic acids is 1. The lowest BCUT2D eigenvalue weighted by atomic mass is 10.1. The maximum atomic E-state index is 12.3. The van der Waals surface area contributed by atoms with Crippen LogP contribution in [0.15, 0.2) is 29.2 Å². The molecule has 0 bridgehead atoms. The standard InChI is InChI=1S/C15H21O6PS/c1-3-20-22(19,21-4-2)9-10-23-13-7-5-12(6-8-13)14(16)11-15(17)18/h5-8H,3-4,9-11H2,1-2H3,(H,17,18). The van der Waals surface area contributed by atoms with Crippen molar-refractivity contribution in [1.82, 2.24) is 0 Å². The first kappa shape index (κ1) is 19.9. The zero-order valence-electron chi connectivity index (χ0n) is 13.2. The van der Waals surface area contributed by atoms with Gasteiger partial charge in [-0.05, 0) is 26.0 Å². The van der Waals surface area contributed by atoms with Crippen LogP contribution in [0.2, 0.25) is 0 Å². The van der Waals surface area contributed by atoms with Gasteiger partial charge in [0.2, 0.25) is 0 Å². The highest BCUT2D eigenvalue weighted by atomic mass is 32.2. The largest absolute Gasteiger partial charge is 0.481 e. The van der Waals surface area contributed by atoms with Gasteiger partial charge in [-0.1, -0.05) is 12.1 Å². The first-order chi connectivity index (χ1) is 10.9. The molecule has 1 aromatic carbocycles. The van der Waals surface area contributed by atoms with Gasteiger partial charge in [0.1, 0.15) is 6.42 Å². The molecule has 0 heterocycles. The fourth-order valence-electron chi connectivity index (χ4n) is 1.81. The Kier molecular flexibility index (Phi) is 8.55. The Bertz CT molecular complexity index is 562. The van der Waals surface area contributed by atoms with E-state index in [9.17, 15) is 14.2 Å². The van der Waals surface area contributed by atoms with Gasteiger partial charge in [0.25, 0.3) is 0 Å². The maximum absolute atomic E-state index is 12.3. The van der Waals surface area contributed by atoms with Gasteiger partial charge in [-0.2, -0.15) is 0 Å². The Morgan fingerprint density at radius 3 is 2.17 bits per heavy atom. The smallest absolute Gasteiger partial charge is 0.331 e. The van der Waals surface area contributed by atoms with E-state index in [-0.39, 0.29) is 0 Å². The third kappa shape index (κ3) is 7.31. The fourth-order valence-corrected chi connectivity index (χ4v) is 4.75. The van der Waals surface area contributed by atoms with Gasteiger partial charge in [0.05, 0.1) is 19.4 Å². The molecule has 1 aromatic rings. The third-order valence-electron chi connectivity index (χ3n) is 2.77. The van der Waals surface area contributed by atoms with Crippen LogP contribution in [0.5, 0.6) is 0 Å². The molecule has 1 rings (SSSR count). The summed E-state index contributed by atoms with van der Waals surface area (Å²) in [6.07, 6.45) is -0.211. The van der Waals surface area contributed by atoms with E-state index in [1.807, 2.05) is 0 Å². The van der Waals surface area contributed by atoms with Crippen LogP contribution < -0.4 is 0 Å². The molecule has 0 aliphatic rings. The van der Waals surface area contributed by atoms with E-state index in [2.05, 4.69) is 0 Å². The quantitative estimate of drug-likeness (QED) is 0.278. The molecule has 0 unspecified atom stereocenters. The average molecular weight is 360 g/mol. The van der Waals surface area contributed by atoms with E-state index in [0.717, 1.165) is 4.90 Å². The number of rotatable bonds is 11. The molecular weight excluding hydrogens is 339 g/mol. The molecule has 0 amide bonds. The van der Waals surface area contributed by atoms with Crippen molar-refractivity contribution in [2.24, 2.45) is 0 Å². The highest BCUT2D eigenvalue weighted by Gasteiger charge is 2.22. The summed E-state index contributed by atoms with van der Waals surface area (Å²) >= 11 is 1.47. The number of carboxylic acid groups (broad SMARTS) is 1. The predicted molar refractivity (Wildman–Crippen MR) is 89.5 cm³/mol. The van der Waals surface area contributed by atoms with Crippen molar-refractivity contribution in [3.05, 3.63) is 29.8 Å². The summed E-state index contributed by atoms with van der Waals surface area (Å²) in [5.41, 5.74) is 0.367. The van der Waals surface area contributed by atoms with E-state index in [0.29, 0.717) is 30.7 Å². The predicted octanol–water partition coefficient (Wildman–Crippen LogP) is 3.70. The Hall–Kier alpha value is -1.14. The van der Waals surface area contributed by atoms with Gasteiger partial charge >= 0.3 is 13.6 Å². The molecule has 0 saturated carbocycles. The van der Waals surface area contributed by atoms with Crippen LogP contribution in [0.1, 0.15) is 30.6 Å². The molecule has 0 spiro atoms. The van der Waals surface area contributed by atoms with Crippen molar-refractivity contribution in [2.75, 3.05) is 25.1 Å². The first-order valence-corrected chi connectivity index (χ1v) is 9.97. The normalized spacial score (nSPS) is 11.4. The van der Waals surface area contributed by atoms with E-state index < -0.39 is 25.8 Å². The van der Waals surface area contributed by atoms with Crippen LogP contribution in [0, 0.1) is 0 Å². The summed E-state index contributed by atoms with van der Waals surface area (Å²) in [6, 6.07) is 6.68. The molecule has 0 aliphatic carbocycles. The van der Waals surface area contributed by atoms with Crippen molar-refractivity contribution in [3.63, 3.8) is 0 Å². The molecular formula is C15H21O6PS. The number of benzene rings is 1. The minimum Gasteiger partial charge on any atom is -0.481 e. The maximum Gasteiger partial charge on any atom is 0.331 e. The molecule has 23 heavy (non-hydrogen) atoms. The van der Waals surface area contributed by atoms with E-state index in [1.54, 1.807) is 38.1 Å². The van der Waals surface area contributed by atoms with E-state index >= 15 is 0 Å². The number of hydrogen-bond acceptors (Lipinski definition) is 6. The van der Waals surface area contributed by atoms with Gasteiger partial charge in [-0.3, -0.25) is 14.2 Å². The third-order valence-corrected chi connectivity index (χ3v) is 6.16. The van der Waals surface area contributed by atoms with Crippen molar-refractivity contribution < 1.29 is 28.3 Å². The van der Waals surface area contributed by atoms with Gasteiger partial charge in [0.15, 0.2) is 5.78 Å². The molecule has 8 heteroatoms. The van der Waals surface area contributed by atoms with Crippen molar-refractivity contribution >= 4 is 31.1 Å². The van der Waals surface area contributed by atoms with Gasteiger partial charge in [-0.15, -0.1) is 11.8 Å². The van der Waals surface area contributed by atoms with Crippen LogP contribution >= 0.6 is 19.4 Å². The molecule has 0 atom stereocenters. The Morgan fingerprint density at radius 2 is 1.70 bits per heavy atom. The number of carbonyl (C=O) groups excluding carboxylic acids is 1. The van der Waals surface area contributed by atoms with Gasteiger partial charge < -0.3 is 14.2 Å². The summed E-state index contributed by atoms with van der Waals surface area (Å²) in [7, 11) is -3.04. The van der Waals surface area contributed by atoms with Gasteiger partial charge in [-0.25, -0.2) is 0 Å². The molecule has 0 radical (unpaired) electrons. The van der Waals surface area contributed by atoms with Crippen molar-refractivity contribution in [1.29, 1.82) is 0 Å². The number of hydrogen-bond donors (Lipinski definition) is 1. The average Bonchev–Trinajstić information content (AvgIpc) is 2.47. The zero-order chi connectivity index (χ0) is 17.3. The summed E-state index contributed by atoms with van der Waals surface area (Å²) in [5.74, 6) is -1.01. The van der Waals surface area contributed by atoms with Crippen LogP contribution in [0.3, 0.4) is 0 Å². The molecule has 0 aromatic heterocycles. The van der Waals surface area contributed by atoms with Crippen LogP contribution in [-0.2, 0) is 18.4 Å². The molecule has 0 saturated heterocycles. The summed E-state index contributed by atoms with van der Waals surface area (Å²) in [6.45, 7) is 4.21. The molecule has 0 fully saturated rings. The lowest BCUT2D eigenvalue weighted by Gasteiger charge is -2.16. The lowest BCUT2D eigenvalue weighted by Crippen LogP contribution is -2.06. The van der Waals surface area contributed by atoms with Crippen LogP contribution in [0.4, 0.5) is 0 Å². The van der Waals surface area contributed by atoms with Crippen molar-refractivity contribution in [2.45, 2.75) is 25.2 Å². The number of thioether (sulfide) groups is 1. The number of ketones is 1. The highest BCUT2D eigenvalue weighted by molar-refractivity contribution is 7.99. The van der Waals surface area contributed by atoms with Crippen LogP contribution in [0.25, 0.3) is 0 Å². The van der Waals surface area contributed by atoms with Crippen LogP contribution in [-0.4, -0.2) is 42.0 Å². The SMILES string of the molecule is CCOP(=O)(CCSc1ccc(C(=O)CC(=O)O)cc1)OCC. The number of carbonyl (C=O) groups is 2. The zero-order valence-corrected chi connectivity index (χ0v) is 14.9. The monoisotopic (exact) mass is 360 g/mol. The second-order valence-corrected chi connectivity index (χ2v) is 7.89. The second-order valence-electron chi connectivity index (χ2n) is 4.54. The Labute approximate surface area is 140 Å². The highest BCUT2D eigenvalue weighted by Crippen LogP contribution is 2.48. The summed E-state index contributed by atoms with van der Waals surface area (Å²) < 4.78 is 22.7. The second kappa shape index (κ2) is 9.88. The molecule has 1 N–H and O–H groups in total. The minimum absolute atomic E-state index is 0.305. The Balaban J connectivity index is 2.54. The van der Waals surface area contributed by atoms with E-state index in [1.165, 1.54) is 11.8 Å². The fraction of sp³-hybridized carbons (Fsp3) is 0.467.